The Morgan fingerprint density at radius 3 is 1.08 bits per heavy atom. The number of unbranched alkanes of at least 4 members (excludes halogenated alkanes) is 24. The first-order valence-corrected chi connectivity index (χ1v) is 32.6. The van der Waals surface area contributed by atoms with Crippen molar-refractivity contribution in [3.05, 3.63) is 97.2 Å². The van der Waals surface area contributed by atoms with Gasteiger partial charge in [-0.3, -0.25) is 23.4 Å². The number of hydrogen-bond donors (Lipinski definition) is 2. The van der Waals surface area contributed by atoms with Gasteiger partial charge in [0.05, 0.1) is 19.8 Å². The Kier molecular flexibility index (Phi) is 56.8. The molecule has 448 valence electrons. The third kappa shape index (κ3) is 57.1. The standard InChI is InChI=1S/C66H113O11P/c1-4-7-10-13-16-19-22-25-28-31-34-37-40-43-46-49-52-55-64(68)73-59-63(77-66(70)57-54-51-48-45-42-39-36-33-30-27-24-21-18-15-12-9-6-3)61-75-78(71,72)74-60-62(58-67)76-65(69)56-53-50-47-44-41-38-35-32-29-26-23-20-17-14-11-8-5-2/h8-9,11-12,17-18,20-21,26-27,29-30,36,39,45,48,62-63,67H,4-7,10,13-16,19,22-25,28,31-35,37-38,40-44,46-47,49-61H2,1-3H3,(H,71,72)/b11-8-,12-9-,20-17-,21-18-,29-26-,30-27-,39-36-,48-45-. The molecule has 3 atom stereocenters. The van der Waals surface area contributed by atoms with E-state index in [1.165, 1.54) is 96.3 Å². The number of allylic oxidation sites excluding steroid dienone is 16. The van der Waals surface area contributed by atoms with Crippen LogP contribution in [0, 0.1) is 0 Å². The largest absolute Gasteiger partial charge is 0.472 e. The topological polar surface area (TPSA) is 155 Å². The summed E-state index contributed by atoms with van der Waals surface area (Å²) in [6, 6.07) is 0. The first-order chi connectivity index (χ1) is 38.2. The molecule has 0 heterocycles. The molecule has 0 bridgehead atoms. The Balaban J connectivity index is 4.77. The SMILES string of the molecule is CC/C=C\C/C=C\C/C=C\C/C=C\C/C=C\CCCC(=O)OC(COC(=O)CCCCCCCCCCCCCCCCCCC)COP(=O)(O)OCC(CO)OC(=O)CCCCCCCCC/C=C\C/C=C\C/C=C\CC. The van der Waals surface area contributed by atoms with Gasteiger partial charge in [0, 0.05) is 19.3 Å². The number of phosphoric ester groups is 1. The van der Waals surface area contributed by atoms with Crippen LogP contribution in [0.15, 0.2) is 97.2 Å². The van der Waals surface area contributed by atoms with Gasteiger partial charge in [-0.15, -0.1) is 0 Å². The van der Waals surface area contributed by atoms with Crippen LogP contribution >= 0.6 is 7.82 Å². The van der Waals surface area contributed by atoms with Crippen LogP contribution in [0.3, 0.4) is 0 Å². The van der Waals surface area contributed by atoms with Crippen molar-refractivity contribution in [3.63, 3.8) is 0 Å². The van der Waals surface area contributed by atoms with E-state index >= 15 is 0 Å². The van der Waals surface area contributed by atoms with Gasteiger partial charge in [0.1, 0.15) is 12.7 Å². The van der Waals surface area contributed by atoms with Crippen molar-refractivity contribution in [2.45, 2.75) is 277 Å². The van der Waals surface area contributed by atoms with Gasteiger partial charge in [0.25, 0.3) is 0 Å². The van der Waals surface area contributed by atoms with E-state index < -0.39 is 57.8 Å². The van der Waals surface area contributed by atoms with Crippen LogP contribution in [0.2, 0.25) is 0 Å². The molecule has 0 fully saturated rings. The zero-order valence-electron chi connectivity index (χ0n) is 49.6. The number of carbonyl (C=O) groups excluding carboxylic acids is 3. The summed E-state index contributed by atoms with van der Waals surface area (Å²) in [5.41, 5.74) is 0. The molecule has 78 heavy (non-hydrogen) atoms. The number of phosphoric acid groups is 1. The predicted molar refractivity (Wildman–Crippen MR) is 325 cm³/mol. The van der Waals surface area contributed by atoms with Gasteiger partial charge in [0.2, 0.25) is 0 Å². The van der Waals surface area contributed by atoms with E-state index in [4.69, 9.17) is 23.3 Å². The lowest BCUT2D eigenvalue weighted by molar-refractivity contribution is -0.161. The minimum atomic E-state index is -4.77. The Hall–Kier alpha value is -3.60. The normalized spacial score (nSPS) is 14.0. The second-order valence-corrected chi connectivity index (χ2v) is 21.9. The predicted octanol–water partition coefficient (Wildman–Crippen LogP) is 18.8. The highest BCUT2D eigenvalue weighted by molar-refractivity contribution is 7.47. The average molecular weight is 1110 g/mol. The molecule has 0 radical (unpaired) electrons. The van der Waals surface area contributed by atoms with E-state index in [0.717, 1.165) is 103 Å². The van der Waals surface area contributed by atoms with Crippen molar-refractivity contribution in [1.29, 1.82) is 0 Å². The van der Waals surface area contributed by atoms with Crippen molar-refractivity contribution < 1.29 is 52.2 Å². The Labute approximate surface area is 476 Å². The lowest BCUT2D eigenvalue weighted by Gasteiger charge is -2.21. The van der Waals surface area contributed by atoms with Crippen molar-refractivity contribution in [1.82, 2.24) is 0 Å². The van der Waals surface area contributed by atoms with Crippen LogP contribution in [-0.4, -0.2) is 66.5 Å². The number of hydrogen-bond acceptors (Lipinski definition) is 10. The molecule has 0 rings (SSSR count). The van der Waals surface area contributed by atoms with Crippen LogP contribution < -0.4 is 0 Å². The highest BCUT2D eigenvalue weighted by Crippen LogP contribution is 2.43. The molecule has 11 nitrogen and oxygen atoms in total. The fraction of sp³-hybridized carbons (Fsp3) is 0.712. The smallest absolute Gasteiger partial charge is 0.462 e. The lowest BCUT2D eigenvalue weighted by atomic mass is 10.0. The fourth-order valence-corrected chi connectivity index (χ4v) is 9.13. The highest BCUT2D eigenvalue weighted by atomic mass is 31.2. The Morgan fingerprint density at radius 2 is 0.679 bits per heavy atom. The summed E-state index contributed by atoms with van der Waals surface area (Å²) in [7, 11) is -4.77. The van der Waals surface area contributed by atoms with E-state index in [1.54, 1.807) is 0 Å². The van der Waals surface area contributed by atoms with Crippen molar-refractivity contribution >= 4 is 25.7 Å². The zero-order valence-corrected chi connectivity index (χ0v) is 50.5. The quantitative estimate of drug-likeness (QED) is 0.0197. The molecule has 0 saturated carbocycles. The first kappa shape index (κ1) is 74.4. The van der Waals surface area contributed by atoms with Gasteiger partial charge < -0.3 is 24.2 Å². The van der Waals surface area contributed by atoms with Gasteiger partial charge in [0.15, 0.2) is 6.10 Å². The van der Waals surface area contributed by atoms with Crippen LogP contribution in [0.25, 0.3) is 0 Å². The zero-order chi connectivity index (χ0) is 56.9. The van der Waals surface area contributed by atoms with Gasteiger partial charge in [-0.1, -0.05) is 253 Å². The van der Waals surface area contributed by atoms with Crippen LogP contribution in [0.5, 0.6) is 0 Å². The third-order valence-corrected chi connectivity index (χ3v) is 14.0. The number of aliphatic hydroxyl groups is 1. The van der Waals surface area contributed by atoms with Crippen LogP contribution in [-0.2, 0) is 42.2 Å². The summed E-state index contributed by atoms with van der Waals surface area (Å²) in [6.07, 6.45) is 70.8. The maximum absolute atomic E-state index is 12.9. The van der Waals surface area contributed by atoms with E-state index in [-0.39, 0.29) is 25.9 Å². The maximum atomic E-state index is 12.9. The molecule has 0 saturated heterocycles. The van der Waals surface area contributed by atoms with E-state index in [0.29, 0.717) is 25.7 Å². The van der Waals surface area contributed by atoms with E-state index in [2.05, 4.69) is 106 Å². The van der Waals surface area contributed by atoms with Crippen molar-refractivity contribution in [2.24, 2.45) is 0 Å². The number of rotatable bonds is 57. The monoisotopic (exact) mass is 1110 g/mol. The third-order valence-electron chi connectivity index (χ3n) is 13.0. The first-order valence-electron chi connectivity index (χ1n) is 31.1. The molecule has 0 aromatic heterocycles. The number of ether oxygens (including phenoxy) is 3. The Bertz CT molecular complexity index is 1680. The molecular weight excluding hydrogens is 1000 g/mol. The molecule has 0 amide bonds. The summed E-state index contributed by atoms with van der Waals surface area (Å²) in [6.45, 7) is 4.38. The fourth-order valence-electron chi connectivity index (χ4n) is 8.35. The molecule has 12 heteroatoms. The molecule has 0 aliphatic carbocycles. The maximum Gasteiger partial charge on any atom is 0.472 e. The van der Waals surface area contributed by atoms with Gasteiger partial charge >= 0.3 is 25.7 Å². The van der Waals surface area contributed by atoms with Gasteiger partial charge in [-0.2, -0.15) is 0 Å². The number of aliphatic hydroxyl groups excluding tert-OH is 1. The molecule has 2 N–H and O–H groups in total. The molecule has 0 spiro atoms. The number of esters is 3. The molecule has 0 aromatic rings. The van der Waals surface area contributed by atoms with Gasteiger partial charge in [-0.05, 0) is 89.9 Å². The van der Waals surface area contributed by atoms with Crippen LogP contribution in [0.4, 0.5) is 0 Å². The molecular formula is C66H113O11P. The van der Waals surface area contributed by atoms with Crippen LogP contribution in [0.1, 0.15) is 265 Å². The lowest BCUT2D eigenvalue weighted by Crippen LogP contribution is -2.30. The molecule has 0 aromatic carbocycles. The molecule has 0 aliphatic rings. The van der Waals surface area contributed by atoms with Gasteiger partial charge in [-0.25, -0.2) is 4.57 Å². The minimum absolute atomic E-state index is 0.0868. The number of carbonyl (C=O) groups is 3. The second-order valence-electron chi connectivity index (χ2n) is 20.5. The molecule has 0 aliphatic heterocycles. The highest BCUT2D eigenvalue weighted by Gasteiger charge is 2.28. The summed E-state index contributed by atoms with van der Waals surface area (Å²) in [5, 5.41) is 9.84. The summed E-state index contributed by atoms with van der Waals surface area (Å²) in [4.78, 5) is 48.7. The minimum Gasteiger partial charge on any atom is -0.462 e. The summed E-state index contributed by atoms with van der Waals surface area (Å²) >= 11 is 0. The van der Waals surface area contributed by atoms with E-state index in [1.807, 2.05) is 12.2 Å². The van der Waals surface area contributed by atoms with E-state index in [9.17, 15) is 28.9 Å². The summed E-state index contributed by atoms with van der Waals surface area (Å²) < 4.78 is 39.6. The van der Waals surface area contributed by atoms with Crippen molar-refractivity contribution in [3.8, 4) is 0 Å². The molecule has 3 unspecified atom stereocenters. The Morgan fingerprint density at radius 1 is 0.372 bits per heavy atom. The average Bonchev–Trinajstić information content (AvgIpc) is 3.43. The summed E-state index contributed by atoms with van der Waals surface area (Å²) in [5.74, 6) is -1.54. The van der Waals surface area contributed by atoms with Crippen molar-refractivity contribution in [2.75, 3.05) is 26.4 Å². The second kappa shape index (κ2) is 59.5.